The van der Waals surface area contributed by atoms with Crippen molar-refractivity contribution in [2.45, 2.75) is 19.8 Å². The van der Waals surface area contributed by atoms with Crippen LogP contribution < -0.4 is 0 Å². The molecule has 4 nitrogen and oxygen atoms in total. The van der Waals surface area contributed by atoms with E-state index in [1.807, 2.05) is 0 Å². The van der Waals surface area contributed by atoms with E-state index in [9.17, 15) is 9.59 Å². The first kappa shape index (κ1) is 7.82. The number of Topliss-reactive ketones (excluding diaryl/α,β-unsaturated/α-hetero) is 2. The highest BCUT2D eigenvalue weighted by atomic mass is 16.2. The third-order valence-corrected chi connectivity index (χ3v) is 1.85. The summed E-state index contributed by atoms with van der Waals surface area (Å²) in [5.41, 5.74) is 8.01. The van der Waals surface area contributed by atoms with Gasteiger partial charge in [-0.2, -0.15) is 4.79 Å². The lowest BCUT2D eigenvalue weighted by Gasteiger charge is -2.10. The van der Waals surface area contributed by atoms with Gasteiger partial charge in [0.25, 0.3) is 5.78 Å². The van der Waals surface area contributed by atoms with Gasteiger partial charge >= 0.3 is 5.71 Å². The van der Waals surface area contributed by atoms with Crippen LogP contribution in [-0.2, 0) is 9.59 Å². The van der Waals surface area contributed by atoms with Crippen molar-refractivity contribution >= 4 is 17.3 Å². The predicted molar refractivity (Wildman–Crippen MR) is 37.0 cm³/mol. The fourth-order valence-electron chi connectivity index (χ4n) is 1.07. The topological polar surface area (TPSA) is 70.5 Å². The van der Waals surface area contributed by atoms with Gasteiger partial charge < -0.3 is 5.53 Å². The maximum absolute atomic E-state index is 11.1. The van der Waals surface area contributed by atoms with Gasteiger partial charge in [-0.1, -0.05) is 6.92 Å². The van der Waals surface area contributed by atoms with Gasteiger partial charge in [0.15, 0.2) is 0 Å². The minimum Gasteiger partial charge on any atom is -0.360 e. The molecule has 1 aliphatic carbocycles. The lowest BCUT2D eigenvalue weighted by molar-refractivity contribution is -0.129. The molecule has 0 N–H and O–H groups in total. The summed E-state index contributed by atoms with van der Waals surface area (Å²) in [7, 11) is 0. The summed E-state index contributed by atoms with van der Waals surface area (Å²) < 4.78 is 0. The molecule has 0 spiro atoms. The molecule has 1 unspecified atom stereocenters. The van der Waals surface area contributed by atoms with Gasteiger partial charge in [-0.15, -0.1) is 0 Å². The molecule has 0 saturated heterocycles. The number of hydrogen-bond acceptors (Lipinski definition) is 2. The molecule has 1 rings (SSSR count). The molecular weight excluding hydrogens is 144 g/mol. The number of nitrogens with zero attached hydrogens (tertiary/aromatic N) is 2. The Labute approximate surface area is 63.8 Å². The van der Waals surface area contributed by atoms with Crippen molar-refractivity contribution in [1.29, 1.82) is 0 Å². The summed E-state index contributed by atoms with van der Waals surface area (Å²) in [6.07, 6.45) is 0.878. The molecule has 1 fully saturated rings. The standard InChI is InChI=1S/C7H8N2O2/c1-4-2-3-5(10)6(9-8)7(4)11/h4H,2-3H2,1H3. The molecule has 58 valence electrons. The largest absolute Gasteiger partial charge is 0.400 e. The van der Waals surface area contributed by atoms with Crippen LogP contribution in [0.15, 0.2) is 0 Å². The maximum atomic E-state index is 11.1. The zero-order chi connectivity index (χ0) is 8.43. The van der Waals surface area contributed by atoms with E-state index in [1.54, 1.807) is 6.92 Å². The quantitative estimate of drug-likeness (QED) is 0.368. The molecule has 0 amide bonds. The molecule has 1 saturated carbocycles. The van der Waals surface area contributed by atoms with E-state index < -0.39 is 0 Å². The lowest BCUT2D eigenvalue weighted by atomic mass is 9.87. The van der Waals surface area contributed by atoms with Gasteiger partial charge in [0.05, 0.1) is 0 Å². The Hall–Kier alpha value is -1.28. The Morgan fingerprint density at radius 3 is 2.64 bits per heavy atom. The third-order valence-electron chi connectivity index (χ3n) is 1.85. The smallest absolute Gasteiger partial charge is 0.360 e. The van der Waals surface area contributed by atoms with E-state index in [0.29, 0.717) is 12.8 Å². The first-order valence-electron chi connectivity index (χ1n) is 3.46. The van der Waals surface area contributed by atoms with Crippen LogP contribution in [0.25, 0.3) is 5.53 Å². The zero-order valence-electron chi connectivity index (χ0n) is 6.20. The third kappa shape index (κ3) is 1.25. The summed E-state index contributed by atoms with van der Waals surface area (Å²) in [4.78, 5) is 24.6. The maximum Gasteiger partial charge on any atom is 0.400 e. The fourth-order valence-corrected chi connectivity index (χ4v) is 1.07. The van der Waals surface area contributed by atoms with Crippen molar-refractivity contribution < 1.29 is 14.4 Å². The summed E-state index contributed by atoms with van der Waals surface area (Å²) in [6, 6.07) is 0. The first-order chi connectivity index (χ1) is 5.16. The second-order valence-electron chi connectivity index (χ2n) is 2.68. The highest BCUT2D eigenvalue weighted by Crippen LogP contribution is 2.14. The summed E-state index contributed by atoms with van der Waals surface area (Å²) >= 11 is 0. The molecule has 1 atom stereocenters. The average Bonchev–Trinajstić information content (AvgIpc) is 1.99. The van der Waals surface area contributed by atoms with E-state index in [1.165, 1.54) is 0 Å². The Kier molecular flexibility index (Phi) is 1.96. The highest BCUT2D eigenvalue weighted by molar-refractivity contribution is 6.65. The second-order valence-corrected chi connectivity index (χ2v) is 2.68. The summed E-state index contributed by atoms with van der Waals surface area (Å²) in [5.74, 6) is -0.877. The zero-order valence-corrected chi connectivity index (χ0v) is 6.20. The molecule has 0 aromatic heterocycles. The van der Waals surface area contributed by atoms with Crippen molar-refractivity contribution in [1.82, 2.24) is 0 Å². The van der Waals surface area contributed by atoms with Crippen LogP contribution in [-0.4, -0.2) is 22.1 Å². The van der Waals surface area contributed by atoms with Gasteiger partial charge in [-0.25, -0.2) is 0 Å². The van der Waals surface area contributed by atoms with E-state index in [2.05, 4.69) is 4.79 Å². The van der Waals surface area contributed by atoms with Crippen LogP contribution in [0.1, 0.15) is 19.8 Å². The van der Waals surface area contributed by atoms with E-state index in [-0.39, 0.29) is 23.2 Å². The van der Waals surface area contributed by atoms with Crippen LogP contribution in [0, 0.1) is 5.92 Å². The Morgan fingerprint density at radius 1 is 1.55 bits per heavy atom. The highest BCUT2D eigenvalue weighted by Gasteiger charge is 2.37. The van der Waals surface area contributed by atoms with Crippen molar-refractivity contribution in [3.05, 3.63) is 5.53 Å². The van der Waals surface area contributed by atoms with Crippen LogP contribution in [0.2, 0.25) is 0 Å². The van der Waals surface area contributed by atoms with Crippen LogP contribution in [0.3, 0.4) is 0 Å². The Bertz CT molecular complexity index is 264. The molecule has 0 heterocycles. The van der Waals surface area contributed by atoms with E-state index >= 15 is 0 Å². The average molecular weight is 152 g/mol. The fraction of sp³-hybridized carbons (Fsp3) is 0.571. The molecule has 0 aromatic carbocycles. The van der Waals surface area contributed by atoms with Gasteiger partial charge in [0, 0.05) is 12.3 Å². The van der Waals surface area contributed by atoms with Crippen LogP contribution in [0.5, 0.6) is 0 Å². The Morgan fingerprint density at radius 2 is 2.18 bits per heavy atom. The van der Waals surface area contributed by atoms with E-state index in [0.717, 1.165) is 0 Å². The number of carbonyl (C=O) groups excluding carboxylic acids is 2. The van der Waals surface area contributed by atoms with Crippen molar-refractivity contribution in [3.63, 3.8) is 0 Å². The van der Waals surface area contributed by atoms with Crippen molar-refractivity contribution in [2.24, 2.45) is 5.92 Å². The molecule has 0 aromatic rings. The lowest BCUT2D eigenvalue weighted by Crippen LogP contribution is -2.35. The number of hydrogen-bond donors (Lipinski definition) is 0. The van der Waals surface area contributed by atoms with Crippen molar-refractivity contribution in [3.8, 4) is 0 Å². The molecule has 1 aliphatic rings. The molecule has 0 bridgehead atoms. The van der Waals surface area contributed by atoms with E-state index in [4.69, 9.17) is 5.53 Å². The molecular formula is C7H8N2O2. The molecule has 0 radical (unpaired) electrons. The molecule has 11 heavy (non-hydrogen) atoms. The second kappa shape index (κ2) is 2.76. The van der Waals surface area contributed by atoms with Gasteiger partial charge in [-0.05, 0) is 6.42 Å². The molecule has 4 heteroatoms. The Balaban J connectivity index is 2.98. The number of carbonyl (C=O) groups is 2. The molecule has 0 aliphatic heterocycles. The number of ketones is 2. The number of rotatable bonds is 0. The van der Waals surface area contributed by atoms with Crippen molar-refractivity contribution in [2.75, 3.05) is 0 Å². The SMILES string of the molecule is CC1CCC(=O)C(=[N+]=[N-])C1=O. The van der Waals surface area contributed by atoms with Crippen LogP contribution >= 0.6 is 0 Å². The minimum atomic E-state index is -0.351. The predicted octanol–water partition coefficient (Wildman–Crippen LogP) is 0.225. The minimum absolute atomic E-state index is 0.182. The van der Waals surface area contributed by atoms with Gasteiger partial charge in [-0.3, -0.25) is 9.59 Å². The normalized spacial score (nSPS) is 25.2. The summed E-state index contributed by atoms with van der Waals surface area (Å²) in [6.45, 7) is 1.72. The first-order valence-corrected chi connectivity index (χ1v) is 3.46. The van der Waals surface area contributed by atoms with Gasteiger partial charge in [0.1, 0.15) is 0 Å². The van der Waals surface area contributed by atoms with Gasteiger partial charge in [0.2, 0.25) is 5.78 Å². The van der Waals surface area contributed by atoms with Crippen LogP contribution in [0.4, 0.5) is 0 Å². The monoisotopic (exact) mass is 152 g/mol. The summed E-state index contributed by atoms with van der Waals surface area (Å²) in [5, 5.41) is 0.